The lowest BCUT2D eigenvalue weighted by atomic mass is 9.78. The van der Waals surface area contributed by atoms with Gasteiger partial charge in [-0.2, -0.15) is 0 Å². The number of carbonyl (C=O) groups excluding carboxylic acids is 2. The highest BCUT2D eigenvalue weighted by atomic mass is 16.4. The molecule has 3 N–H and O–H groups in total. The fourth-order valence-electron chi connectivity index (χ4n) is 4.46. The number of aromatic carboxylic acids is 1. The van der Waals surface area contributed by atoms with E-state index in [2.05, 4.69) is 0 Å². The zero-order chi connectivity index (χ0) is 16.5. The summed E-state index contributed by atoms with van der Waals surface area (Å²) in [5.74, 6) is -4.05. The van der Waals surface area contributed by atoms with E-state index in [9.17, 15) is 24.6 Å². The molecule has 3 fully saturated rings. The molecule has 2 amide bonds. The maximum Gasteiger partial charge on any atom is 0.335 e. The van der Waals surface area contributed by atoms with Gasteiger partial charge < -0.3 is 15.3 Å². The van der Waals surface area contributed by atoms with E-state index in [-0.39, 0.29) is 11.3 Å². The zero-order valence-corrected chi connectivity index (χ0v) is 12.0. The summed E-state index contributed by atoms with van der Waals surface area (Å²) in [7, 11) is 0. The average molecular weight is 317 g/mol. The lowest BCUT2D eigenvalue weighted by Gasteiger charge is -2.29. The summed E-state index contributed by atoms with van der Waals surface area (Å²) in [6, 6.07) is 5.66. The van der Waals surface area contributed by atoms with Gasteiger partial charge in [-0.3, -0.25) is 14.5 Å². The minimum atomic E-state index is -1.14. The fourth-order valence-corrected chi connectivity index (χ4v) is 4.46. The molecule has 1 aliphatic heterocycles. The van der Waals surface area contributed by atoms with Crippen LogP contribution in [-0.2, 0) is 9.59 Å². The van der Waals surface area contributed by atoms with Crippen molar-refractivity contribution in [3.8, 4) is 0 Å². The van der Waals surface area contributed by atoms with E-state index in [1.54, 1.807) is 0 Å². The number of rotatable bonds is 2. The van der Waals surface area contributed by atoms with Crippen molar-refractivity contribution < 1.29 is 29.7 Å². The summed E-state index contributed by atoms with van der Waals surface area (Å²) in [4.78, 5) is 37.5. The predicted molar refractivity (Wildman–Crippen MR) is 76.5 cm³/mol. The number of benzene rings is 1. The van der Waals surface area contributed by atoms with Gasteiger partial charge in [-0.1, -0.05) is 6.07 Å². The van der Waals surface area contributed by atoms with E-state index in [1.807, 2.05) is 0 Å². The van der Waals surface area contributed by atoms with Crippen LogP contribution in [0.5, 0.6) is 0 Å². The lowest BCUT2D eigenvalue weighted by Crippen LogP contribution is -2.43. The van der Waals surface area contributed by atoms with Gasteiger partial charge in [-0.05, 0) is 24.6 Å². The number of hydrogen-bond acceptors (Lipinski definition) is 5. The molecule has 7 heteroatoms. The van der Waals surface area contributed by atoms with Crippen LogP contribution in [0.4, 0.5) is 5.69 Å². The zero-order valence-electron chi connectivity index (χ0n) is 12.0. The first-order chi connectivity index (χ1) is 10.9. The Balaban J connectivity index is 1.73. The quantitative estimate of drug-likeness (QED) is 0.654. The van der Waals surface area contributed by atoms with Gasteiger partial charge in [0.1, 0.15) is 0 Å². The number of hydrogen-bond donors (Lipinski definition) is 3. The number of carboxylic acid groups (broad SMARTS) is 1. The van der Waals surface area contributed by atoms with Crippen LogP contribution < -0.4 is 4.90 Å². The third-order valence-corrected chi connectivity index (χ3v) is 5.44. The number of nitrogens with zero attached hydrogens (tertiary/aromatic N) is 1. The van der Waals surface area contributed by atoms with Gasteiger partial charge in [0.2, 0.25) is 11.8 Å². The normalized spacial score (nSPS) is 38.3. The SMILES string of the molecule is O=C(O)c1cccc(N2C(=O)[C@H]3[C@@H]4C[C@@H]([C@H](O)[C@H]4O)[C@@H]3C2=O)c1. The minimum absolute atomic E-state index is 0.0109. The largest absolute Gasteiger partial charge is 0.478 e. The maximum absolute atomic E-state index is 12.7. The van der Waals surface area contributed by atoms with Crippen LogP contribution in [0, 0.1) is 23.7 Å². The van der Waals surface area contributed by atoms with Crippen molar-refractivity contribution in [2.75, 3.05) is 4.90 Å². The van der Waals surface area contributed by atoms with Crippen LogP contribution in [0.1, 0.15) is 16.8 Å². The highest BCUT2D eigenvalue weighted by Gasteiger charge is 2.67. The van der Waals surface area contributed by atoms with Gasteiger partial charge in [0.15, 0.2) is 0 Å². The highest BCUT2D eigenvalue weighted by Crippen LogP contribution is 2.56. The summed E-state index contributed by atoms with van der Waals surface area (Å²) < 4.78 is 0. The molecule has 120 valence electrons. The van der Waals surface area contributed by atoms with Gasteiger partial charge in [-0.15, -0.1) is 0 Å². The van der Waals surface area contributed by atoms with E-state index >= 15 is 0 Å². The van der Waals surface area contributed by atoms with Crippen molar-refractivity contribution in [2.24, 2.45) is 23.7 Å². The Labute approximate surface area is 131 Å². The Hall–Kier alpha value is -2.25. The van der Waals surface area contributed by atoms with Crippen molar-refractivity contribution in [2.45, 2.75) is 18.6 Å². The van der Waals surface area contributed by atoms with Gasteiger partial charge in [-0.25, -0.2) is 4.79 Å². The van der Waals surface area contributed by atoms with Crippen molar-refractivity contribution in [3.05, 3.63) is 29.8 Å². The van der Waals surface area contributed by atoms with Gasteiger partial charge in [0, 0.05) is 11.8 Å². The molecule has 3 aliphatic rings. The van der Waals surface area contributed by atoms with E-state index < -0.39 is 53.7 Å². The molecular weight excluding hydrogens is 302 g/mol. The molecule has 4 rings (SSSR count). The number of aliphatic hydroxyl groups is 2. The number of amides is 2. The van der Waals surface area contributed by atoms with Crippen molar-refractivity contribution in [1.29, 1.82) is 0 Å². The average Bonchev–Trinajstić information content (AvgIpc) is 3.12. The third-order valence-electron chi connectivity index (χ3n) is 5.44. The molecule has 2 aliphatic carbocycles. The second-order valence-electron chi connectivity index (χ2n) is 6.46. The van der Waals surface area contributed by atoms with E-state index in [4.69, 9.17) is 5.11 Å². The van der Waals surface area contributed by atoms with Crippen LogP contribution in [0.15, 0.2) is 24.3 Å². The smallest absolute Gasteiger partial charge is 0.335 e. The van der Waals surface area contributed by atoms with Gasteiger partial charge in [0.05, 0.1) is 35.3 Å². The fraction of sp³-hybridized carbons (Fsp3) is 0.438. The van der Waals surface area contributed by atoms with Gasteiger partial charge in [0.25, 0.3) is 0 Å². The van der Waals surface area contributed by atoms with Crippen LogP contribution in [0.3, 0.4) is 0 Å². The second kappa shape index (κ2) is 4.62. The van der Waals surface area contributed by atoms with E-state index in [0.717, 1.165) is 4.90 Å². The summed E-state index contributed by atoms with van der Waals surface area (Å²) in [6.45, 7) is 0. The Morgan fingerprint density at radius 3 is 2.13 bits per heavy atom. The number of carboxylic acids is 1. The summed E-state index contributed by atoms with van der Waals surface area (Å²) >= 11 is 0. The van der Waals surface area contributed by atoms with Crippen molar-refractivity contribution >= 4 is 23.5 Å². The molecule has 7 nitrogen and oxygen atoms in total. The third kappa shape index (κ3) is 1.74. The second-order valence-corrected chi connectivity index (χ2v) is 6.46. The molecule has 23 heavy (non-hydrogen) atoms. The first kappa shape index (κ1) is 14.3. The first-order valence-corrected chi connectivity index (χ1v) is 7.49. The summed E-state index contributed by atoms with van der Waals surface area (Å²) in [5.41, 5.74) is 0.209. The molecule has 2 saturated carbocycles. The van der Waals surface area contributed by atoms with Crippen LogP contribution in [0.2, 0.25) is 0 Å². The van der Waals surface area contributed by atoms with Crippen molar-refractivity contribution in [1.82, 2.24) is 0 Å². The number of carbonyl (C=O) groups is 3. The first-order valence-electron chi connectivity index (χ1n) is 7.49. The van der Waals surface area contributed by atoms with Gasteiger partial charge >= 0.3 is 5.97 Å². The number of anilines is 1. The lowest BCUT2D eigenvalue weighted by molar-refractivity contribution is -0.129. The number of aliphatic hydroxyl groups excluding tert-OH is 2. The Morgan fingerprint density at radius 2 is 1.61 bits per heavy atom. The van der Waals surface area contributed by atoms with E-state index in [0.29, 0.717) is 6.42 Å². The molecular formula is C16H15NO6. The summed E-state index contributed by atoms with van der Waals surface area (Å²) in [5, 5.41) is 29.1. The molecule has 2 bridgehead atoms. The minimum Gasteiger partial charge on any atom is -0.478 e. The van der Waals surface area contributed by atoms with Crippen LogP contribution in [0.25, 0.3) is 0 Å². The molecule has 1 saturated heterocycles. The molecule has 0 unspecified atom stereocenters. The highest BCUT2D eigenvalue weighted by molar-refractivity contribution is 6.22. The van der Waals surface area contributed by atoms with E-state index in [1.165, 1.54) is 24.3 Å². The Bertz CT molecular complexity index is 699. The molecule has 1 aromatic carbocycles. The topological polar surface area (TPSA) is 115 Å². The molecule has 1 heterocycles. The summed E-state index contributed by atoms with van der Waals surface area (Å²) in [6.07, 6.45) is -1.50. The molecule has 1 aromatic rings. The molecule has 0 radical (unpaired) electrons. The Morgan fingerprint density at radius 1 is 1.04 bits per heavy atom. The standard InChI is InChI=1S/C16H15NO6/c18-12-8-5-9(13(12)19)11-10(8)14(20)17(15(11)21)7-3-1-2-6(4-7)16(22)23/h1-4,8-13,18-19H,5H2,(H,22,23)/t8-,9+,10-,11-,12-,13-/m0/s1. The Kier molecular flexibility index (Phi) is 2.88. The molecule has 0 aromatic heterocycles. The number of imide groups is 1. The van der Waals surface area contributed by atoms with Crippen molar-refractivity contribution in [3.63, 3.8) is 0 Å². The van der Waals surface area contributed by atoms with Crippen LogP contribution in [-0.4, -0.2) is 45.3 Å². The number of fused-ring (bicyclic) bond motifs is 5. The van der Waals surface area contributed by atoms with Crippen LogP contribution >= 0.6 is 0 Å². The monoisotopic (exact) mass is 317 g/mol. The molecule has 0 spiro atoms. The maximum atomic E-state index is 12.7. The molecule has 6 atom stereocenters. The predicted octanol–water partition coefficient (Wildman–Crippen LogP) is -0.138.